The summed E-state index contributed by atoms with van der Waals surface area (Å²) in [5.74, 6) is 0.580. The molecule has 0 unspecified atom stereocenters. The molecule has 0 heterocycles. The van der Waals surface area contributed by atoms with Crippen LogP contribution in [0.4, 0.5) is 5.69 Å². The fourth-order valence-corrected chi connectivity index (χ4v) is 2.01. The smallest absolute Gasteiger partial charge is 0.338 e. The molecular formula is C18H21NO3. The van der Waals surface area contributed by atoms with E-state index in [1.54, 1.807) is 19.1 Å². The molecule has 0 atom stereocenters. The number of nitrogens with one attached hydrogen (secondary N) is 1. The van der Waals surface area contributed by atoms with E-state index in [0.717, 1.165) is 11.4 Å². The van der Waals surface area contributed by atoms with Crippen LogP contribution in [0.2, 0.25) is 0 Å². The maximum absolute atomic E-state index is 11.5. The van der Waals surface area contributed by atoms with Crippen LogP contribution in [0.25, 0.3) is 0 Å². The second-order valence-electron chi connectivity index (χ2n) is 4.89. The number of esters is 1. The Bertz CT molecular complexity index is 608. The van der Waals surface area contributed by atoms with Crippen molar-refractivity contribution < 1.29 is 14.3 Å². The number of ether oxygens (including phenoxy) is 2. The minimum absolute atomic E-state index is 0.295. The largest absolute Gasteiger partial charge is 0.492 e. The van der Waals surface area contributed by atoms with Gasteiger partial charge in [-0.1, -0.05) is 12.1 Å². The number of aryl methyl sites for hydroxylation is 1. The van der Waals surface area contributed by atoms with E-state index in [4.69, 9.17) is 9.47 Å². The van der Waals surface area contributed by atoms with Crippen molar-refractivity contribution in [2.24, 2.45) is 0 Å². The topological polar surface area (TPSA) is 47.6 Å². The normalized spacial score (nSPS) is 10.1. The number of benzene rings is 2. The molecule has 0 radical (unpaired) electrons. The first-order chi connectivity index (χ1) is 10.7. The highest BCUT2D eigenvalue weighted by Crippen LogP contribution is 2.13. The molecule has 0 saturated heterocycles. The molecule has 2 aromatic rings. The fourth-order valence-electron chi connectivity index (χ4n) is 2.01. The van der Waals surface area contributed by atoms with Gasteiger partial charge in [0.15, 0.2) is 0 Å². The van der Waals surface area contributed by atoms with Crippen LogP contribution in [-0.4, -0.2) is 25.7 Å². The summed E-state index contributed by atoms with van der Waals surface area (Å²) in [5, 5.41) is 3.25. The minimum Gasteiger partial charge on any atom is -0.492 e. The molecule has 1 N–H and O–H groups in total. The van der Waals surface area contributed by atoms with Crippen LogP contribution in [0.3, 0.4) is 0 Å². The summed E-state index contributed by atoms with van der Waals surface area (Å²) in [4.78, 5) is 11.5. The van der Waals surface area contributed by atoms with Crippen molar-refractivity contribution in [1.82, 2.24) is 0 Å². The molecular weight excluding hydrogens is 278 g/mol. The van der Waals surface area contributed by atoms with Crippen LogP contribution >= 0.6 is 0 Å². The summed E-state index contributed by atoms with van der Waals surface area (Å²) in [6, 6.07) is 15.2. The maximum atomic E-state index is 11.5. The third-order valence-corrected chi connectivity index (χ3v) is 3.09. The molecule has 4 heteroatoms. The molecule has 0 bridgehead atoms. The van der Waals surface area contributed by atoms with Crippen molar-refractivity contribution in [3.63, 3.8) is 0 Å². The highest BCUT2D eigenvalue weighted by Gasteiger charge is 2.05. The van der Waals surface area contributed by atoms with Crippen LogP contribution < -0.4 is 10.1 Å². The Kier molecular flexibility index (Phi) is 5.83. The van der Waals surface area contributed by atoms with Gasteiger partial charge in [-0.05, 0) is 55.8 Å². The summed E-state index contributed by atoms with van der Waals surface area (Å²) in [7, 11) is 0. The van der Waals surface area contributed by atoms with E-state index in [1.165, 1.54) is 5.56 Å². The van der Waals surface area contributed by atoms with E-state index in [2.05, 4.69) is 5.32 Å². The average Bonchev–Trinajstić information content (AvgIpc) is 2.52. The molecule has 0 aliphatic heterocycles. The molecule has 116 valence electrons. The zero-order valence-electron chi connectivity index (χ0n) is 13.0. The lowest BCUT2D eigenvalue weighted by molar-refractivity contribution is 0.0526. The molecule has 4 nitrogen and oxygen atoms in total. The molecule has 0 saturated carbocycles. The van der Waals surface area contributed by atoms with Gasteiger partial charge in [-0.25, -0.2) is 4.79 Å². The predicted octanol–water partition coefficient (Wildman–Crippen LogP) is 3.66. The van der Waals surface area contributed by atoms with Crippen LogP contribution in [0.15, 0.2) is 48.5 Å². The number of carbonyl (C=O) groups is 1. The Balaban J connectivity index is 1.76. The van der Waals surface area contributed by atoms with Gasteiger partial charge in [0.25, 0.3) is 0 Å². The van der Waals surface area contributed by atoms with E-state index >= 15 is 0 Å². The van der Waals surface area contributed by atoms with Crippen molar-refractivity contribution in [1.29, 1.82) is 0 Å². The highest BCUT2D eigenvalue weighted by molar-refractivity contribution is 5.89. The molecule has 0 aliphatic rings. The minimum atomic E-state index is -0.295. The maximum Gasteiger partial charge on any atom is 0.338 e. The predicted molar refractivity (Wildman–Crippen MR) is 87.6 cm³/mol. The van der Waals surface area contributed by atoms with Gasteiger partial charge < -0.3 is 14.8 Å². The van der Waals surface area contributed by atoms with Gasteiger partial charge in [0.2, 0.25) is 0 Å². The van der Waals surface area contributed by atoms with Crippen molar-refractivity contribution in [2.75, 3.05) is 25.1 Å². The monoisotopic (exact) mass is 299 g/mol. The van der Waals surface area contributed by atoms with Gasteiger partial charge in [-0.15, -0.1) is 0 Å². The Hall–Kier alpha value is -2.49. The Morgan fingerprint density at radius 1 is 1.14 bits per heavy atom. The summed E-state index contributed by atoms with van der Waals surface area (Å²) in [6.45, 7) is 5.48. The molecule has 2 aromatic carbocycles. The van der Waals surface area contributed by atoms with Crippen LogP contribution in [-0.2, 0) is 4.74 Å². The second-order valence-corrected chi connectivity index (χ2v) is 4.89. The van der Waals surface area contributed by atoms with Gasteiger partial charge in [0, 0.05) is 12.2 Å². The summed E-state index contributed by atoms with van der Waals surface area (Å²) in [6.07, 6.45) is 0. The van der Waals surface area contributed by atoms with E-state index < -0.39 is 0 Å². The first-order valence-corrected chi connectivity index (χ1v) is 7.39. The first kappa shape index (κ1) is 15.9. The summed E-state index contributed by atoms with van der Waals surface area (Å²) < 4.78 is 10.6. The lowest BCUT2D eigenvalue weighted by Gasteiger charge is -2.09. The molecule has 0 fully saturated rings. The Morgan fingerprint density at radius 3 is 2.59 bits per heavy atom. The molecule has 0 aromatic heterocycles. The van der Waals surface area contributed by atoms with Gasteiger partial charge >= 0.3 is 5.97 Å². The van der Waals surface area contributed by atoms with Crippen LogP contribution in [0.5, 0.6) is 5.75 Å². The SMILES string of the molecule is CCOC(=O)c1ccc(NCCOc2cccc(C)c2)cc1. The van der Waals surface area contributed by atoms with Crippen molar-refractivity contribution >= 4 is 11.7 Å². The lowest BCUT2D eigenvalue weighted by Crippen LogP contribution is -2.11. The van der Waals surface area contributed by atoms with Crippen LogP contribution in [0.1, 0.15) is 22.8 Å². The zero-order valence-corrected chi connectivity index (χ0v) is 13.0. The van der Waals surface area contributed by atoms with Crippen molar-refractivity contribution in [2.45, 2.75) is 13.8 Å². The fraction of sp³-hybridized carbons (Fsp3) is 0.278. The number of hydrogen-bond acceptors (Lipinski definition) is 4. The van der Waals surface area contributed by atoms with Crippen LogP contribution in [0, 0.1) is 6.92 Å². The number of anilines is 1. The molecule has 0 amide bonds. The molecule has 0 aliphatic carbocycles. The third kappa shape index (κ3) is 4.81. The number of hydrogen-bond donors (Lipinski definition) is 1. The summed E-state index contributed by atoms with van der Waals surface area (Å²) in [5.41, 5.74) is 2.68. The number of carbonyl (C=O) groups excluding carboxylic acids is 1. The van der Waals surface area contributed by atoms with Crippen molar-refractivity contribution in [3.8, 4) is 5.75 Å². The lowest BCUT2D eigenvalue weighted by atomic mass is 10.2. The average molecular weight is 299 g/mol. The zero-order chi connectivity index (χ0) is 15.8. The van der Waals surface area contributed by atoms with Gasteiger partial charge in [0.05, 0.1) is 12.2 Å². The Labute approximate surface area is 131 Å². The van der Waals surface area contributed by atoms with Crippen molar-refractivity contribution in [3.05, 3.63) is 59.7 Å². The van der Waals surface area contributed by atoms with E-state index in [0.29, 0.717) is 25.3 Å². The van der Waals surface area contributed by atoms with Gasteiger partial charge in [0.1, 0.15) is 12.4 Å². The standard InChI is InChI=1S/C18H21NO3/c1-3-21-18(20)15-7-9-16(10-8-15)19-11-12-22-17-6-4-5-14(2)13-17/h4-10,13,19H,3,11-12H2,1-2H3. The molecule has 2 rings (SSSR count). The van der Waals surface area contributed by atoms with Gasteiger partial charge in [-0.3, -0.25) is 0 Å². The summed E-state index contributed by atoms with van der Waals surface area (Å²) >= 11 is 0. The van der Waals surface area contributed by atoms with E-state index in [1.807, 2.05) is 43.3 Å². The van der Waals surface area contributed by atoms with Gasteiger partial charge in [-0.2, -0.15) is 0 Å². The quantitative estimate of drug-likeness (QED) is 0.626. The first-order valence-electron chi connectivity index (χ1n) is 7.39. The molecule has 22 heavy (non-hydrogen) atoms. The van der Waals surface area contributed by atoms with E-state index in [-0.39, 0.29) is 5.97 Å². The third-order valence-electron chi connectivity index (χ3n) is 3.09. The second kappa shape index (κ2) is 8.08. The Morgan fingerprint density at radius 2 is 1.91 bits per heavy atom. The van der Waals surface area contributed by atoms with E-state index in [9.17, 15) is 4.79 Å². The number of rotatable bonds is 7. The highest BCUT2D eigenvalue weighted by atomic mass is 16.5. The molecule has 0 spiro atoms.